The minimum Gasteiger partial charge on any atom is -0.504 e. The summed E-state index contributed by atoms with van der Waals surface area (Å²) in [6, 6.07) is 21.7. The third-order valence-corrected chi connectivity index (χ3v) is 6.93. The smallest absolute Gasteiger partial charge is 0.211 e. The Balaban J connectivity index is 1.68. The number of phenols is 1. The number of phenolic OH excluding ortho intramolecular Hbond substituents is 1. The number of unbranched alkanes of at least 4 members (excludes halogenated alkanes) is 10. The van der Waals surface area contributed by atoms with Crippen molar-refractivity contribution in [3.63, 3.8) is 0 Å². The molecule has 0 radical (unpaired) electrons. The highest BCUT2D eigenvalue weighted by molar-refractivity contribution is 5.55. The summed E-state index contributed by atoms with van der Waals surface area (Å²) in [5.74, 6) is 2.59. The van der Waals surface area contributed by atoms with E-state index in [1.807, 2.05) is 30.3 Å². The van der Waals surface area contributed by atoms with Gasteiger partial charge in [-0.3, -0.25) is 0 Å². The Morgan fingerprint density at radius 1 is 0.486 bits per heavy atom. The number of para-hydroxylation sites is 3. The second kappa shape index (κ2) is 16.7. The highest BCUT2D eigenvalue weighted by Gasteiger charge is 2.16. The number of aromatic hydroxyl groups is 1. The van der Waals surface area contributed by atoms with Gasteiger partial charge in [0.1, 0.15) is 11.5 Å². The number of hydrogen-bond donors (Lipinski definition) is 1. The maximum atomic E-state index is 10.7. The number of hydrogen-bond acceptors (Lipinski definition) is 3. The molecule has 3 aromatic rings. The van der Waals surface area contributed by atoms with Gasteiger partial charge < -0.3 is 14.6 Å². The van der Waals surface area contributed by atoms with Crippen molar-refractivity contribution in [2.45, 2.75) is 104 Å². The lowest BCUT2D eigenvalue weighted by Gasteiger charge is -2.17. The number of benzene rings is 3. The first-order valence-electron chi connectivity index (χ1n) is 14.6. The molecular weight excluding hydrogens is 456 g/mol. The van der Waals surface area contributed by atoms with Crippen LogP contribution in [0.3, 0.4) is 0 Å². The van der Waals surface area contributed by atoms with Crippen LogP contribution in [0.2, 0.25) is 0 Å². The molecule has 3 heteroatoms. The lowest BCUT2D eigenvalue weighted by atomic mass is 10.0. The average molecular weight is 503 g/mol. The normalized spacial score (nSPS) is 11.0. The predicted molar refractivity (Wildman–Crippen MR) is 155 cm³/mol. The molecule has 0 bridgehead atoms. The van der Waals surface area contributed by atoms with Crippen molar-refractivity contribution < 1.29 is 14.6 Å². The summed E-state index contributed by atoms with van der Waals surface area (Å²) in [5, 5.41) is 10.7. The molecule has 1 N–H and O–H groups in total. The first-order chi connectivity index (χ1) is 18.2. The lowest BCUT2D eigenvalue weighted by Crippen LogP contribution is -1.97. The van der Waals surface area contributed by atoms with E-state index in [0.717, 1.165) is 42.7 Å². The molecule has 0 saturated heterocycles. The standard InChI is InChI=1S/C34H46O3/c1-3-5-7-9-11-13-20-28-22-15-17-25-31(28)36-33-27-19-24-30(35)34(33)37-32-26-18-16-23-29(32)21-14-12-10-8-6-4-2/h15-19,22-27,35H,3-14,20-21H2,1-2H3. The third-order valence-electron chi connectivity index (χ3n) is 6.93. The van der Waals surface area contributed by atoms with Crippen molar-refractivity contribution in [2.75, 3.05) is 0 Å². The molecule has 0 unspecified atom stereocenters. The van der Waals surface area contributed by atoms with Crippen LogP contribution in [0, 0.1) is 0 Å². The molecular formula is C34H46O3. The predicted octanol–water partition coefficient (Wildman–Crippen LogP) is 10.8. The number of ether oxygens (including phenoxy) is 2. The average Bonchev–Trinajstić information content (AvgIpc) is 2.91. The van der Waals surface area contributed by atoms with Gasteiger partial charge in [0.25, 0.3) is 0 Å². The summed E-state index contributed by atoms with van der Waals surface area (Å²) in [6.07, 6.45) is 17.1. The van der Waals surface area contributed by atoms with Crippen LogP contribution in [0.1, 0.15) is 102 Å². The van der Waals surface area contributed by atoms with Crippen molar-refractivity contribution in [1.82, 2.24) is 0 Å². The molecule has 0 aliphatic rings. The molecule has 0 saturated carbocycles. The van der Waals surface area contributed by atoms with Gasteiger partial charge in [-0.15, -0.1) is 0 Å². The molecule has 200 valence electrons. The summed E-state index contributed by atoms with van der Waals surface area (Å²) in [7, 11) is 0. The van der Waals surface area contributed by atoms with Gasteiger partial charge in [0.2, 0.25) is 5.75 Å². The van der Waals surface area contributed by atoms with E-state index in [2.05, 4.69) is 38.1 Å². The van der Waals surface area contributed by atoms with Crippen molar-refractivity contribution in [1.29, 1.82) is 0 Å². The van der Waals surface area contributed by atoms with Crippen molar-refractivity contribution in [3.05, 3.63) is 77.9 Å². The molecule has 0 fully saturated rings. The van der Waals surface area contributed by atoms with Crippen LogP contribution in [0.15, 0.2) is 66.7 Å². The second-order valence-electron chi connectivity index (χ2n) is 10.1. The Morgan fingerprint density at radius 2 is 0.946 bits per heavy atom. The third kappa shape index (κ3) is 9.80. The van der Waals surface area contributed by atoms with Gasteiger partial charge in [0, 0.05) is 0 Å². The molecule has 0 heterocycles. The highest BCUT2D eigenvalue weighted by Crippen LogP contribution is 2.43. The maximum Gasteiger partial charge on any atom is 0.211 e. The second-order valence-corrected chi connectivity index (χ2v) is 10.1. The first-order valence-corrected chi connectivity index (χ1v) is 14.6. The fourth-order valence-corrected chi connectivity index (χ4v) is 4.73. The van der Waals surface area contributed by atoms with Gasteiger partial charge in [-0.1, -0.05) is 121 Å². The van der Waals surface area contributed by atoms with Gasteiger partial charge in [0.15, 0.2) is 11.5 Å². The summed E-state index contributed by atoms with van der Waals surface area (Å²) < 4.78 is 12.7. The largest absolute Gasteiger partial charge is 0.504 e. The molecule has 3 rings (SSSR count). The number of aryl methyl sites for hydroxylation is 2. The molecule has 0 spiro atoms. The fraction of sp³-hybridized carbons (Fsp3) is 0.471. The topological polar surface area (TPSA) is 38.7 Å². The van der Waals surface area contributed by atoms with Crippen LogP contribution < -0.4 is 9.47 Å². The van der Waals surface area contributed by atoms with E-state index in [4.69, 9.17) is 9.47 Å². The van der Waals surface area contributed by atoms with E-state index in [1.54, 1.807) is 12.1 Å². The molecule has 3 nitrogen and oxygen atoms in total. The quantitative estimate of drug-likeness (QED) is 0.176. The van der Waals surface area contributed by atoms with Crippen LogP contribution >= 0.6 is 0 Å². The van der Waals surface area contributed by atoms with E-state index < -0.39 is 0 Å². The van der Waals surface area contributed by atoms with Crippen LogP contribution in [-0.4, -0.2) is 5.11 Å². The minimum absolute atomic E-state index is 0.0836. The van der Waals surface area contributed by atoms with E-state index in [9.17, 15) is 5.11 Å². The fourth-order valence-electron chi connectivity index (χ4n) is 4.73. The molecule has 3 aromatic carbocycles. The van der Waals surface area contributed by atoms with Crippen molar-refractivity contribution in [2.24, 2.45) is 0 Å². The van der Waals surface area contributed by atoms with Crippen LogP contribution in [0.4, 0.5) is 0 Å². The Morgan fingerprint density at radius 3 is 1.51 bits per heavy atom. The minimum atomic E-state index is 0.0836. The summed E-state index contributed by atoms with van der Waals surface area (Å²) in [6.45, 7) is 4.50. The zero-order chi connectivity index (χ0) is 26.1. The van der Waals surface area contributed by atoms with Gasteiger partial charge in [-0.05, 0) is 61.1 Å². The molecule has 0 atom stereocenters. The SMILES string of the molecule is CCCCCCCCc1ccccc1Oc1cccc(O)c1Oc1ccccc1CCCCCCCC. The number of rotatable bonds is 18. The monoisotopic (exact) mass is 502 g/mol. The van der Waals surface area contributed by atoms with Crippen molar-refractivity contribution >= 4 is 0 Å². The van der Waals surface area contributed by atoms with E-state index >= 15 is 0 Å². The zero-order valence-electron chi connectivity index (χ0n) is 23.0. The van der Waals surface area contributed by atoms with E-state index in [0.29, 0.717) is 11.5 Å². The van der Waals surface area contributed by atoms with Crippen molar-refractivity contribution in [3.8, 4) is 28.7 Å². The van der Waals surface area contributed by atoms with E-state index in [-0.39, 0.29) is 5.75 Å². The van der Waals surface area contributed by atoms with Gasteiger partial charge in [-0.2, -0.15) is 0 Å². The Hall–Kier alpha value is -2.94. The summed E-state index contributed by atoms with van der Waals surface area (Å²) >= 11 is 0. The maximum absolute atomic E-state index is 10.7. The van der Waals surface area contributed by atoms with Gasteiger partial charge >= 0.3 is 0 Å². The zero-order valence-corrected chi connectivity index (χ0v) is 23.0. The Labute approximate surface area is 224 Å². The van der Waals surface area contributed by atoms with Crippen LogP contribution in [-0.2, 0) is 12.8 Å². The van der Waals surface area contributed by atoms with E-state index in [1.165, 1.54) is 69.8 Å². The highest BCUT2D eigenvalue weighted by atomic mass is 16.5. The summed E-state index contributed by atoms with van der Waals surface area (Å²) in [5.41, 5.74) is 2.35. The van der Waals surface area contributed by atoms with Gasteiger partial charge in [0.05, 0.1) is 0 Å². The summed E-state index contributed by atoms with van der Waals surface area (Å²) in [4.78, 5) is 0. The van der Waals surface area contributed by atoms with Gasteiger partial charge in [-0.25, -0.2) is 0 Å². The first kappa shape index (κ1) is 28.6. The van der Waals surface area contributed by atoms with Crippen LogP contribution in [0.5, 0.6) is 28.7 Å². The lowest BCUT2D eigenvalue weighted by molar-refractivity contribution is 0.377. The molecule has 0 aromatic heterocycles. The molecule has 0 amide bonds. The Bertz CT molecular complexity index is 1040. The molecule has 37 heavy (non-hydrogen) atoms. The molecule has 0 aliphatic heterocycles. The molecule has 0 aliphatic carbocycles. The Kier molecular flexibility index (Phi) is 12.9. The van der Waals surface area contributed by atoms with Crippen LogP contribution in [0.25, 0.3) is 0 Å².